The highest BCUT2D eigenvalue weighted by molar-refractivity contribution is 5.80. The third kappa shape index (κ3) is 3.89. The van der Waals surface area contributed by atoms with Crippen LogP contribution in [-0.2, 0) is 19.4 Å². The molecule has 2 aromatic rings. The van der Waals surface area contributed by atoms with Gasteiger partial charge >= 0.3 is 0 Å². The van der Waals surface area contributed by atoms with Gasteiger partial charge in [0, 0.05) is 38.6 Å². The van der Waals surface area contributed by atoms with E-state index in [2.05, 4.69) is 56.6 Å². The van der Waals surface area contributed by atoms with E-state index in [1.807, 2.05) is 20.2 Å². The molecule has 0 radical (unpaired) electrons. The van der Waals surface area contributed by atoms with E-state index in [-0.39, 0.29) is 0 Å². The number of fused-ring (bicyclic) bond motifs is 1. The Morgan fingerprint density at radius 2 is 2.04 bits per heavy atom. The summed E-state index contributed by atoms with van der Waals surface area (Å²) in [4.78, 5) is 11.1. The van der Waals surface area contributed by atoms with Crippen molar-refractivity contribution in [1.29, 1.82) is 0 Å². The second-order valence-corrected chi connectivity index (χ2v) is 5.97. The van der Waals surface area contributed by atoms with Gasteiger partial charge in [-0.05, 0) is 42.5 Å². The maximum absolute atomic E-state index is 4.45. The number of pyridine rings is 1. The molecule has 23 heavy (non-hydrogen) atoms. The number of aryl methyl sites for hydroxylation is 1. The lowest BCUT2D eigenvalue weighted by Gasteiger charge is -2.31. The van der Waals surface area contributed by atoms with Gasteiger partial charge in [-0.25, -0.2) is 0 Å². The molecule has 4 nitrogen and oxygen atoms in total. The second kappa shape index (κ2) is 7.27. The smallest absolute Gasteiger partial charge is 0.193 e. The molecule has 0 saturated carbocycles. The minimum atomic E-state index is 0.871. The van der Waals surface area contributed by atoms with E-state index >= 15 is 0 Å². The average Bonchev–Trinajstić information content (AvgIpc) is 2.60. The van der Waals surface area contributed by atoms with Crippen LogP contribution in [0.15, 0.2) is 47.6 Å². The molecule has 0 saturated heterocycles. The molecular weight excluding hydrogens is 284 g/mol. The maximum atomic E-state index is 4.45. The lowest BCUT2D eigenvalue weighted by molar-refractivity contribution is 0.379. The Kier molecular flexibility index (Phi) is 4.91. The van der Waals surface area contributed by atoms with Gasteiger partial charge in [-0.3, -0.25) is 9.98 Å². The molecule has 0 bridgehead atoms. The Morgan fingerprint density at radius 3 is 2.78 bits per heavy atom. The molecule has 0 spiro atoms. The number of nitrogens with zero attached hydrogens (tertiary/aromatic N) is 3. The number of nitrogens with one attached hydrogen (secondary N) is 1. The predicted octanol–water partition coefficient (Wildman–Crippen LogP) is 2.57. The normalized spacial score (nSPS) is 14.5. The minimum Gasteiger partial charge on any atom is -0.356 e. The van der Waals surface area contributed by atoms with E-state index in [0.717, 1.165) is 44.1 Å². The molecule has 4 heteroatoms. The van der Waals surface area contributed by atoms with Crippen LogP contribution in [0, 0.1) is 6.92 Å². The summed E-state index contributed by atoms with van der Waals surface area (Å²) in [5, 5.41) is 3.48. The fourth-order valence-electron chi connectivity index (χ4n) is 2.97. The zero-order chi connectivity index (χ0) is 16.1. The maximum Gasteiger partial charge on any atom is 0.193 e. The Balaban J connectivity index is 1.55. The summed E-state index contributed by atoms with van der Waals surface area (Å²) in [5.41, 5.74) is 5.18. The van der Waals surface area contributed by atoms with Gasteiger partial charge < -0.3 is 10.2 Å². The van der Waals surface area contributed by atoms with Crippen LogP contribution in [0.2, 0.25) is 0 Å². The lowest BCUT2D eigenvalue weighted by Crippen LogP contribution is -2.44. The minimum absolute atomic E-state index is 0.871. The average molecular weight is 308 g/mol. The molecule has 0 unspecified atom stereocenters. The van der Waals surface area contributed by atoms with Crippen LogP contribution >= 0.6 is 0 Å². The SMILES string of the molecule is CN=C(NCCc1ccc(C)nc1)N1CCc2ccccc2C1. The molecule has 1 aromatic carbocycles. The van der Waals surface area contributed by atoms with Crippen LogP contribution in [0.4, 0.5) is 0 Å². The molecule has 1 N–H and O–H groups in total. The zero-order valence-electron chi connectivity index (χ0n) is 13.9. The first-order chi connectivity index (χ1) is 11.3. The van der Waals surface area contributed by atoms with Gasteiger partial charge in [0.2, 0.25) is 0 Å². The summed E-state index contributed by atoms with van der Waals surface area (Å²) in [6.07, 6.45) is 3.99. The van der Waals surface area contributed by atoms with E-state index in [4.69, 9.17) is 0 Å². The molecule has 120 valence electrons. The van der Waals surface area contributed by atoms with Gasteiger partial charge in [-0.1, -0.05) is 30.3 Å². The van der Waals surface area contributed by atoms with E-state index in [1.54, 1.807) is 0 Å². The molecule has 0 amide bonds. The van der Waals surface area contributed by atoms with Crippen molar-refractivity contribution in [3.05, 3.63) is 65.0 Å². The van der Waals surface area contributed by atoms with Crippen molar-refractivity contribution in [2.24, 2.45) is 4.99 Å². The van der Waals surface area contributed by atoms with Gasteiger partial charge in [0.15, 0.2) is 5.96 Å². The van der Waals surface area contributed by atoms with Crippen molar-refractivity contribution in [3.8, 4) is 0 Å². The Labute approximate surface area is 138 Å². The highest BCUT2D eigenvalue weighted by Crippen LogP contribution is 2.18. The van der Waals surface area contributed by atoms with E-state index in [0.29, 0.717) is 0 Å². The van der Waals surface area contributed by atoms with Crippen molar-refractivity contribution >= 4 is 5.96 Å². The first-order valence-electron chi connectivity index (χ1n) is 8.20. The first-order valence-corrected chi connectivity index (χ1v) is 8.20. The van der Waals surface area contributed by atoms with Crippen LogP contribution in [0.25, 0.3) is 0 Å². The number of hydrogen-bond acceptors (Lipinski definition) is 2. The van der Waals surface area contributed by atoms with Gasteiger partial charge in [0.1, 0.15) is 0 Å². The number of aromatic nitrogens is 1. The summed E-state index contributed by atoms with van der Waals surface area (Å²) in [5.74, 6) is 0.986. The summed E-state index contributed by atoms with van der Waals surface area (Å²) in [6.45, 7) is 4.83. The number of rotatable bonds is 3. The second-order valence-electron chi connectivity index (χ2n) is 5.97. The zero-order valence-corrected chi connectivity index (χ0v) is 13.9. The topological polar surface area (TPSA) is 40.5 Å². The van der Waals surface area contributed by atoms with Crippen LogP contribution in [0.3, 0.4) is 0 Å². The van der Waals surface area contributed by atoms with E-state index < -0.39 is 0 Å². The Morgan fingerprint density at radius 1 is 1.22 bits per heavy atom. The highest BCUT2D eigenvalue weighted by atomic mass is 15.3. The summed E-state index contributed by atoms with van der Waals surface area (Å²) in [6, 6.07) is 12.9. The third-order valence-corrected chi connectivity index (χ3v) is 4.31. The van der Waals surface area contributed by atoms with E-state index in [9.17, 15) is 0 Å². The standard InChI is InChI=1S/C19H24N4/c1-15-7-8-16(13-22-15)9-11-21-19(20-2)23-12-10-17-5-3-4-6-18(17)14-23/h3-8,13H,9-12,14H2,1-2H3,(H,20,21). The number of guanidine groups is 1. The summed E-state index contributed by atoms with van der Waals surface area (Å²) < 4.78 is 0. The van der Waals surface area contributed by atoms with Crippen molar-refractivity contribution in [2.75, 3.05) is 20.1 Å². The van der Waals surface area contributed by atoms with E-state index in [1.165, 1.54) is 16.7 Å². The predicted molar refractivity (Wildman–Crippen MR) is 94.6 cm³/mol. The van der Waals surface area contributed by atoms with Crippen LogP contribution in [0.5, 0.6) is 0 Å². The fraction of sp³-hybridized carbons (Fsp3) is 0.368. The van der Waals surface area contributed by atoms with Gasteiger partial charge in [-0.2, -0.15) is 0 Å². The van der Waals surface area contributed by atoms with Crippen LogP contribution in [0.1, 0.15) is 22.4 Å². The molecule has 3 rings (SSSR count). The number of benzene rings is 1. The Bertz CT molecular complexity index is 676. The van der Waals surface area contributed by atoms with Crippen LogP contribution in [-0.4, -0.2) is 36.0 Å². The van der Waals surface area contributed by atoms with Crippen molar-refractivity contribution in [2.45, 2.75) is 26.3 Å². The molecule has 1 aromatic heterocycles. The lowest BCUT2D eigenvalue weighted by atomic mass is 10.0. The van der Waals surface area contributed by atoms with Crippen LogP contribution < -0.4 is 5.32 Å². The number of aliphatic imine (C=N–C) groups is 1. The van der Waals surface area contributed by atoms with Gasteiger partial charge in [-0.15, -0.1) is 0 Å². The fourth-order valence-corrected chi connectivity index (χ4v) is 2.97. The molecule has 2 heterocycles. The largest absolute Gasteiger partial charge is 0.356 e. The number of hydrogen-bond donors (Lipinski definition) is 1. The molecule has 1 aliphatic rings. The van der Waals surface area contributed by atoms with Crippen molar-refractivity contribution in [3.63, 3.8) is 0 Å². The highest BCUT2D eigenvalue weighted by Gasteiger charge is 2.18. The molecular formula is C19H24N4. The van der Waals surface area contributed by atoms with Gasteiger partial charge in [0.25, 0.3) is 0 Å². The molecule has 0 fully saturated rings. The monoisotopic (exact) mass is 308 g/mol. The van der Waals surface area contributed by atoms with Crippen molar-refractivity contribution in [1.82, 2.24) is 15.2 Å². The molecule has 0 aliphatic carbocycles. The van der Waals surface area contributed by atoms with Gasteiger partial charge in [0.05, 0.1) is 0 Å². The van der Waals surface area contributed by atoms with Crippen molar-refractivity contribution < 1.29 is 0 Å². The molecule has 1 aliphatic heterocycles. The molecule has 0 atom stereocenters. The Hall–Kier alpha value is -2.36. The first kappa shape index (κ1) is 15.5. The summed E-state index contributed by atoms with van der Waals surface area (Å²) >= 11 is 0. The summed E-state index contributed by atoms with van der Waals surface area (Å²) in [7, 11) is 1.86. The third-order valence-electron chi connectivity index (χ3n) is 4.31. The quantitative estimate of drug-likeness (QED) is 0.700.